The van der Waals surface area contributed by atoms with E-state index in [0.717, 1.165) is 28.4 Å². The molecule has 0 radical (unpaired) electrons. The van der Waals surface area contributed by atoms with Crippen LogP contribution in [-0.4, -0.2) is 12.1 Å². The van der Waals surface area contributed by atoms with Gasteiger partial charge in [-0.1, -0.05) is 54.0 Å². The summed E-state index contributed by atoms with van der Waals surface area (Å²) < 4.78 is 13.3. The lowest BCUT2D eigenvalue weighted by Crippen LogP contribution is -2.63. The molecule has 4 aliphatic rings. The molecule has 4 fully saturated rings. The molecular formula is C29H38BrNO2. The highest BCUT2D eigenvalue weighted by atomic mass is 79.9. The van der Waals surface area contributed by atoms with Gasteiger partial charge in [-0.05, 0) is 97.9 Å². The van der Waals surface area contributed by atoms with E-state index in [4.69, 9.17) is 9.47 Å². The molecule has 0 amide bonds. The van der Waals surface area contributed by atoms with Gasteiger partial charge >= 0.3 is 0 Å². The largest absolute Gasteiger partial charge is 0.490 e. The molecule has 0 heterocycles. The summed E-state index contributed by atoms with van der Waals surface area (Å²) in [7, 11) is 0. The van der Waals surface area contributed by atoms with Crippen LogP contribution < -0.4 is 14.8 Å². The van der Waals surface area contributed by atoms with Crippen molar-refractivity contribution in [1.29, 1.82) is 0 Å². The molecule has 4 aliphatic carbocycles. The standard InChI is InChI=1S/C29H38BrNO2/c1-5-32-25-10-23(24(30)11-26(25)33-16-22-9-7-6-8-20(22)2)15-31-29-14-21-12-27(3,18-29)17-28(4,13-21)19-29/h6-11,21,31H,5,12-19H2,1-4H3. The molecule has 33 heavy (non-hydrogen) atoms. The molecule has 2 aromatic rings. The minimum atomic E-state index is 0.286. The summed E-state index contributed by atoms with van der Waals surface area (Å²) in [6, 6.07) is 12.6. The monoisotopic (exact) mass is 511 g/mol. The SMILES string of the molecule is CCOc1cc(CNC23CC4CC(C)(CC(C)(C4)C2)C3)c(Br)cc1OCc1ccccc1C. The molecule has 1 N–H and O–H groups in total. The van der Waals surface area contributed by atoms with Crippen LogP contribution in [0.25, 0.3) is 0 Å². The number of aryl methyl sites for hydroxylation is 1. The lowest BCUT2D eigenvalue weighted by molar-refractivity contribution is -0.118. The quantitative estimate of drug-likeness (QED) is 0.396. The Kier molecular flexibility index (Phi) is 6.06. The van der Waals surface area contributed by atoms with Crippen LogP contribution >= 0.6 is 15.9 Å². The van der Waals surface area contributed by atoms with E-state index in [1.54, 1.807) is 0 Å². The zero-order chi connectivity index (χ0) is 23.3. The van der Waals surface area contributed by atoms with Crippen LogP contribution in [0.3, 0.4) is 0 Å². The summed E-state index contributed by atoms with van der Waals surface area (Å²) >= 11 is 3.83. The van der Waals surface area contributed by atoms with Crippen molar-refractivity contribution in [3.63, 3.8) is 0 Å². The lowest BCUT2D eigenvalue weighted by atomic mass is 9.43. The minimum absolute atomic E-state index is 0.286. The van der Waals surface area contributed by atoms with Crippen molar-refractivity contribution in [3.8, 4) is 11.5 Å². The van der Waals surface area contributed by atoms with Crippen LogP contribution in [0.2, 0.25) is 0 Å². The fourth-order valence-corrected chi connectivity index (χ4v) is 8.41. The zero-order valence-electron chi connectivity index (χ0n) is 20.6. The molecule has 178 valence electrons. The number of ether oxygens (including phenoxy) is 2. The Balaban J connectivity index is 1.33. The van der Waals surface area contributed by atoms with E-state index in [1.165, 1.54) is 55.2 Å². The number of nitrogens with one attached hydrogen (secondary N) is 1. The van der Waals surface area contributed by atoms with Gasteiger partial charge in [0, 0.05) is 16.6 Å². The molecule has 2 unspecified atom stereocenters. The Morgan fingerprint density at radius 1 is 0.939 bits per heavy atom. The van der Waals surface area contributed by atoms with Gasteiger partial charge in [0.15, 0.2) is 11.5 Å². The first kappa shape index (κ1) is 23.2. The minimum Gasteiger partial charge on any atom is -0.490 e. The molecule has 0 aromatic heterocycles. The Labute approximate surface area is 207 Å². The Hall–Kier alpha value is -1.52. The molecule has 3 nitrogen and oxygen atoms in total. The van der Waals surface area contributed by atoms with Crippen molar-refractivity contribution in [1.82, 2.24) is 5.32 Å². The lowest BCUT2D eigenvalue weighted by Gasteiger charge is -2.65. The number of benzene rings is 2. The van der Waals surface area contributed by atoms with E-state index in [1.807, 2.05) is 6.92 Å². The Bertz CT molecular complexity index is 1020. The molecule has 6 rings (SSSR count). The number of rotatable bonds is 8. The van der Waals surface area contributed by atoms with Crippen molar-refractivity contribution in [3.05, 3.63) is 57.6 Å². The molecule has 2 atom stereocenters. The average Bonchev–Trinajstić information content (AvgIpc) is 2.71. The summed E-state index contributed by atoms with van der Waals surface area (Å²) in [4.78, 5) is 0. The van der Waals surface area contributed by atoms with Crippen LogP contribution in [0.15, 0.2) is 40.9 Å². The van der Waals surface area contributed by atoms with Crippen molar-refractivity contribution in [2.75, 3.05) is 6.61 Å². The van der Waals surface area contributed by atoms with Gasteiger partial charge in [0.1, 0.15) is 6.61 Å². The van der Waals surface area contributed by atoms with Gasteiger partial charge in [-0.15, -0.1) is 0 Å². The smallest absolute Gasteiger partial charge is 0.162 e. The average molecular weight is 513 g/mol. The third-order valence-corrected chi connectivity index (χ3v) is 9.08. The first-order valence-electron chi connectivity index (χ1n) is 12.6. The van der Waals surface area contributed by atoms with Crippen LogP contribution in [0.4, 0.5) is 0 Å². The number of halogens is 1. The first-order chi connectivity index (χ1) is 15.7. The van der Waals surface area contributed by atoms with Crippen LogP contribution in [0.5, 0.6) is 11.5 Å². The van der Waals surface area contributed by atoms with Gasteiger partial charge in [-0.3, -0.25) is 0 Å². The van der Waals surface area contributed by atoms with Crippen molar-refractivity contribution >= 4 is 15.9 Å². The second-order valence-corrected chi connectivity index (χ2v) is 12.7. The van der Waals surface area contributed by atoms with Crippen molar-refractivity contribution in [2.45, 2.75) is 84.9 Å². The molecule has 2 aromatic carbocycles. The first-order valence-corrected chi connectivity index (χ1v) is 13.4. The summed E-state index contributed by atoms with van der Waals surface area (Å²) in [6.07, 6.45) is 8.24. The topological polar surface area (TPSA) is 30.5 Å². The van der Waals surface area contributed by atoms with Gasteiger partial charge in [0.05, 0.1) is 6.61 Å². The van der Waals surface area contributed by atoms with Crippen molar-refractivity contribution in [2.24, 2.45) is 16.7 Å². The van der Waals surface area contributed by atoms with Gasteiger partial charge in [0.2, 0.25) is 0 Å². The summed E-state index contributed by atoms with van der Waals surface area (Å²) in [5.74, 6) is 2.52. The third-order valence-electron chi connectivity index (χ3n) is 8.34. The van der Waals surface area contributed by atoms with Crippen LogP contribution in [0.1, 0.15) is 76.0 Å². The third kappa shape index (κ3) is 4.71. The second-order valence-electron chi connectivity index (χ2n) is 11.8. The maximum Gasteiger partial charge on any atom is 0.162 e. The highest BCUT2D eigenvalue weighted by Crippen LogP contribution is 2.66. The molecule has 4 bridgehead atoms. The maximum atomic E-state index is 6.22. The normalized spacial score (nSPS) is 32.2. The molecule has 4 saturated carbocycles. The number of hydrogen-bond acceptors (Lipinski definition) is 3. The fraction of sp³-hybridized carbons (Fsp3) is 0.586. The van der Waals surface area contributed by atoms with E-state index >= 15 is 0 Å². The van der Waals surface area contributed by atoms with Gasteiger partial charge < -0.3 is 14.8 Å². The van der Waals surface area contributed by atoms with Gasteiger partial charge in [-0.2, -0.15) is 0 Å². The zero-order valence-corrected chi connectivity index (χ0v) is 22.2. The molecule has 0 saturated heterocycles. The maximum absolute atomic E-state index is 6.22. The fourth-order valence-electron chi connectivity index (χ4n) is 7.95. The van der Waals surface area contributed by atoms with E-state index < -0.39 is 0 Å². The molecule has 4 heteroatoms. The van der Waals surface area contributed by atoms with E-state index in [0.29, 0.717) is 24.0 Å². The summed E-state index contributed by atoms with van der Waals surface area (Å²) in [6.45, 7) is 11.2. The Morgan fingerprint density at radius 2 is 1.64 bits per heavy atom. The summed E-state index contributed by atoms with van der Waals surface area (Å²) in [5.41, 5.74) is 5.00. The predicted octanol–water partition coefficient (Wildman–Crippen LogP) is 7.57. The summed E-state index contributed by atoms with van der Waals surface area (Å²) in [5, 5.41) is 4.06. The van der Waals surface area contributed by atoms with Gasteiger partial charge in [-0.25, -0.2) is 0 Å². The van der Waals surface area contributed by atoms with E-state index in [2.05, 4.69) is 78.4 Å². The molecule has 0 aliphatic heterocycles. The Morgan fingerprint density at radius 3 is 2.30 bits per heavy atom. The molecular weight excluding hydrogens is 474 g/mol. The second kappa shape index (κ2) is 8.61. The van der Waals surface area contributed by atoms with Crippen molar-refractivity contribution < 1.29 is 9.47 Å². The highest BCUT2D eigenvalue weighted by molar-refractivity contribution is 9.10. The molecule has 0 spiro atoms. The predicted molar refractivity (Wildman–Crippen MR) is 138 cm³/mol. The van der Waals surface area contributed by atoms with Crippen LogP contribution in [0, 0.1) is 23.7 Å². The number of hydrogen-bond donors (Lipinski definition) is 1. The highest BCUT2D eigenvalue weighted by Gasteiger charge is 2.59. The van der Waals surface area contributed by atoms with Crippen LogP contribution in [-0.2, 0) is 13.2 Å². The van der Waals surface area contributed by atoms with E-state index in [-0.39, 0.29) is 5.54 Å². The van der Waals surface area contributed by atoms with Gasteiger partial charge in [0.25, 0.3) is 0 Å². The van der Waals surface area contributed by atoms with E-state index in [9.17, 15) is 0 Å².